The standard InChI is InChI=1S/C9H17BrO6/c1-2-3-5(12)7(14)9(10,16)8(15)6(13)4-11/h6-8,11,13-16H,2-4H2,1H3/t6?,7?,8?,9-/m1/s1. The fourth-order valence-corrected chi connectivity index (χ4v) is 1.70. The molecule has 0 heterocycles. The van der Waals surface area contributed by atoms with E-state index in [1.54, 1.807) is 6.92 Å². The average Bonchev–Trinajstić information content (AvgIpc) is 2.25. The second kappa shape index (κ2) is 6.63. The van der Waals surface area contributed by atoms with Gasteiger partial charge < -0.3 is 25.5 Å². The predicted octanol–water partition coefficient (Wildman–Crippen LogP) is -1.49. The minimum atomic E-state index is -2.37. The summed E-state index contributed by atoms with van der Waals surface area (Å²) in [5, 5.41) is 46.3. The van der Waals surface area contributed by atoms with E-state index in [-0.39, 0.29) is 6.42 Å². The summed E-state index contributed by atoms with van der Waals surface area (Å²) in [7, 11) is 0. The number of rotatable bonds is 7. The van der Waals surface area contributed by atoms with Crippen LogP contribution in [0, 0.1) is 0 Å². The topological polar surface area (TPSA) is 118 Å². The van der Waals surface area contributed by atoms with Crippen LogP contribution in [0.15, 0.2) is 0 Å². The van der Waals surface area contributed by atoms with Crippen molar-refractivity contribution in [1.29, 1.82) is 0 Å². The van der Waals surface area contributed by atoms with Crippen LogP contribution in [0.2, 0.25) is 0 Å². The zero-order valence-electron chi connectivity index (χ0n) is 8.88. The molecule has 16 heavy (non-hydrogen) atoms. The van der Waals surface area contributed by atoms with Crippen molar-refractivity contribution in [2.24, 2.45) is 0 Å². The van der Waals surface area contributed by atoms with E-state index in [1.807, 2.05) is 0 Å². The molecule has 96 valence electrons. The lowest BCUT2D eigenvalue weighted by molar-refractivity contribution is -0.153. The van der Waals surface area contributed by atoms with Crippen molar-refractivity contribution < 1.29 is 30.3 Å². The molecule has 0 aliphatic carbocycles. The zero-order valence-corrected chi connectivity index (χ0v) is 10.5. The number of ketones is 1. The monoisotopic (exact) mass is 300 g/mol. The summed E-state index contributed by atoms with van der Waals surface area (Å²) in [6.45, 7) is 0.917. The quantitative estimate of drug-likeness (QED) is 0.366. The van der Waals surface area contributed by atoms with Crippen molar-refractivity contribution in [3.05, 3.63) is 0 Å². The third-order valence-electron chi connectivity index (χ3n) is 2.15. The fraction of sp³-hybridized carbons (Fsp3) is 0.889. The lowest BCUT2D eigenvalue weighted by atomic mass is 9.98. The lowest BCUT2D eigenvalue weighted by Crippen LogP contribution is -2.55. The van der Waals surface area contributed by atoms with E-state index in [1.165, 1.54) is 0 Å². The number of carbonyl (C=O) groups excluding carboxylic acids is 1. The third kappa shape index (κ3) is 3.76. The maximum Gasteiger partial charge on any atom is 0.180 e. The van der Waals surface area contributed by atoms with Crippen molar-refractivity contribution >= 4 is 21.7 Å². The van der Waals surface area contributed by atoms with Crippen LogP contribution in [0.1, 0.15) is 19.8 Å². The summed E-state index contributed by atoms with van der Waals surface area (Å²) in [4.78, 5) is 11.3. The summed E-state index contributed by atoms with van der Waals surface area (Å²) in [6, 6.07) is 0. The molecular formula is C9H17BrO6. The molecule has 0 rings (SSSR count). The molecule has 6 nitrogen and oxygen atoms in total. The molecule has 0 aliphatic heterocycles. The largest absolute Gasteiger partial charge is 0.394 e. The fourth-order valence-electron chi connectivity index (χ4n) is 1.14. The van der Waals surface area contributed by atoms with Gasteiger partial charge in [-0.05, 0) is 22.4 Å². The first-order valence-corrected chi connectivity index (χ1v) is 5.67. The molecule has 0 bridgehead atoms. The van der Waals surface area contributed by atoms with Gasteiger partial charge in [0.1, 0.15) is 12.2 Å². The molecule has 0 radical (unpaired) electrons. The molecule has 0 aliphatic rings. The highest BCUT2D eigenvalue weighted by molar-refractivity contribution is 9.10. The number of halogens is 1. The first kappa shape index (κ1) is 16.0. The highest BCUT2D eigenvalue weighted by Gasteiger charge is 2.46. The van der Waals surface area contributed by atoms with Gasteiger partial charge in [-0.1, -0.05) is 6.92 Å². The minimum Gasteiger partial charge on any atom is -0.394 e. The normalized spacial score (nSPS) is 20.9. The van der Waals surface area contributed by atoms with Crippen LogP contribution in [0.25, 0.3) is 0 Å². The van der Waals surface area contributed by atoms with Gasteiger partial charge in [0.15, 0.2) is 16.4 Å². The van der Waals surface area contributed by atoms with Crippen molar-refractivity contribution in [2.75, 3.05) is 6.61 Å². The van der Waals surface area contributed by atoms with Gasteiger partial charge in [-0.2, -0.15) is 0 Å². The van der Waals surface area contributed by atoms with E-state index in [0.717, 1.165) is 0 Å². The Hall–Kier alpha value is -0.0500. The maximum absolute atomic E-state index is 11.3. The van der Waals surface area contributed by atoms with Crippen LogP contribution in [-0.4, -0.2) is 60.7 Å². The Kier molecular flexibility index (Phi) is 6.61. The summed E-state index contributed by atoms with van der Waals surface area (Å²) in [6.07, 6.45) is -4.89. The summed E-state index contributed by atoms with van der Waals surface area (Å²) < 4.78 is -2.37. The molecule has 0 spiro atoms. The SMILES string of the molecule is CCCC(=O)C(O)[C@](O)(Br)C(O)C(O)CO. The van der Waals surface area contributed by atoms with E-state index >= 15 is 0 Å². The van der Waals surface area contributed by atoms with E-state index in [9.17, 15) is 20.1 Å². The number of aliphatic hydroxyl groups excluding tert-OH is 4. The van der Waals surface area contributed by atoms with Crippen molar-refractivity contribution in [3.63, 3.8) is 0 Å². The van der Waals surface area contributed by atoms with Crippen LogP contribution < -0.4 is 0 Å². The summed E-state index contributed by atoms with van der Waals surface area (Å²) >= 11 is 2.59. The highest BCUT2D eigenvalue weighted by atomic mass is 79.9. The number of hydrogen-bond donors (Lipinski definition) is 5. The second-order valence-electron chi connectivity index (χ2n) is 3.54. The number of aliphatic hydroxyl groups is 5. The molecule has 0 amide bonds. The Morgan fingerprint density at radius 3 is 2.25 bits per heavy atom. The van der Waals surface area contributed by atoms with E-state index in [2.05, 4.69) is 15.9 Å². The third-order valence-corrected chi connectivity index (χ3v) is 3.05. The van der Waals surface area contributed by atoms with Crippen LogP contribution in [-0.2, 0) is 4.79 Å². The molecule has 0 aromatic carbocycles. The van der Waals surface area contributed by atoms with Gasteiger partial charge in [0.25, 0.3) is 0 Å². The molecular weight excluding hydrogens is 284 g/mol. The number of hydrogen-bond acceptors (Lipinski definition) is 6. The van der Waals surface area contributed by atoms with Crippen LogP contribution in [0.3, 0.4) is 0 Å². The van der Waals surface area contributed by atoms with Crippen molar-refractivity contribution in [3.8, 4) is 0 Å². The molecule has 0 saturated carbocycles. The Morgan fingerprint density at radius 1 is 1.38 bits per heavy atom. The Morgan fingerprint density at radius 2 is 1.88 bits per heavy atom. The molecule has 7 heteroatoms. The van der Waals surface area contributed by atoms with Crippen molar-refractivity contribution in [2.45, 2.75) is 42.6 Å². The summed E-state index contributed by atoms with van der Waals surface area (Å²) in [5.74, 6) is -0.661. The van der Waals surface area contributed by atoms with Crippen LogP contribution in [0.5, 0.6) is 0 Å². The van der Waals surface area contributed by atoms with Gasteiger partial charge in [0.05, 0.1) is 6.61 Å². The highest BCUT2D eigenvalue weighted by Crippen LogP contribution is 2.27. The van der Waals surface area contributed by atoms with Gasteiger partial charge in [-0.25, -0.2) is 0 Å². The second-order valence-corrected chi connectivity index (χ2v) is 4.81. The minimum absolute atomic E-state index is 0.0387. The number of Topliss-reactive ketones (excluding diaryl/α,β-unsaturated/α-hetero) is 1. The van der Waals surface area contributed by atoms with E-state index < -0.39 is 35.2 Å². The van der Waals surface area contributed by atoms with Gasteiger partial charge in [0.2, 0.25) is 0 Å². The molecule has 0 aromatic heterocycles. The molecule has 5 N–H and O–H groups in total. The first-order chi connectivity index (χ1) is 7.28. The maximum atomic E-state index is 11.3. The number of carbonyl (C=O) groups is 1. The van der Waals surface area contributed by atoms with E-state index in [0.29, 0.717) is 6.42 Å². The number of alkyl halides is 1. The Bertz CT molecular complexity index is 232. The summed E-state index contributed by atoms with van der Waals surface area (Å²) in [5.41, 5.74) is 0. The Balaban J connectivity index is 4.69. The molecule has 3 unspecified atom stereocenters. The smallest absolute Gasteiger partial charge is 0.180 e. The average molecular weight is 301 g/mol. The van der Waals surface area contributed by atoms with Gasteiger partial charge >= 0.3 is 0 Å². The van der Waals surface area contributed by atoms with Gasteiger partial charge in [0, 0.05) is 6.42 Å². The van der Waals surface area contributed by atoms with Crippen LogP contribution >= 0.6 is 15.9 Å². The predicted molar refractivity (Wildman–Crippen MR) is 58.9 cm³/mol. The first-order valence-electron chi connectivity index (χ1n) is 4.88. The zero-order chi connectivity index (χ0) is 12.9. The molecule has 0 aromatic rings. The molecule has 0 saturated heterocycles. The molecule has 4 atom stereocenters. The Labute approximate surface area is 102 Å². The van der Waals surface area contributed by atoms with Gasteiger partial charge in [-0.15, -0.1) is 0 Å². The van der Waals surface area contributed by atoms with Gasteiger partial charge in [-0.3, -0.25) is 4.79 Å². The van der Waals surface area contributed by atoms with E-state index in [4.69, 9.17) is 10.2 Å². The lowest BCUT2D eigenvalue weighted by Gasteiger charge is -2.32. The molecule has 0 fully saturated rings. The van der Waals surface area contributed by atoms with Crippen molar-refractivity contribution in [1.82, 2.24) is 0 Å². The van der Waals surface area contributed by atoms with Crippen LogP contribution in [0.4, 0.5) is 0 Å².